The normalized spacial score (nSPS) is 11.4. The van der Waals surface area contributed by atoms with E-state index in [-0.39, 0.29) is 4.90 Å². The first-order chi connectivity index (χ1) is 7.43. The SMILES string of the molecule is CSCCNc1cc(N)cc(S(N)(=O)=O)c1. The van der Waals surface area contributed by atoms with E-state index in [1.54, 1.807) is 17.8 Å². The Hall–Kier alpha value is -0.920. The molecule has 0 amide bonds. The summed E-state index contributed by atoms with van der Waals surface area (Å²) in [5, 5.41) is 8.11. The lowest BCUT2D eigenvalue weighted by Gasteiger charge is -2.08. The van der Waals surface area contributed by atoms with Crippen molar-refractivity contribution in [3.05, 3.63) is 18.2 Å². The van der Waals surface area contributed by atoms with Gasteiger partial charge in [-0.1, -0.05) is 0 Å². The molecule has 1 aromatic rings. The number of hydrogen-bond acceptors (Lipinski definition) is 5. The Bertz CT molecular complexity index is 460. The average molecular weight is 261 g/mol. The summed E-state index contributed by atoms with van der Waals surface area (Å²) in [7, 11) is -3.70. The van der Waals surface area contributed by atoms with Crippen LogP contribution in [0.1, 0.15) is 0 Å². The van der Waals surface area contributed by atoms with Crippen LogP contribution in [0, 0.1) is 0 Å². The van der Waals surface area contributed by atoms with Crippen molar-refractivity contribution in [2.45, 2.75) is 4.90 Å². The van der Waals surface area contributed by atoms with Gasteiger partial charge in [-0.3, -0.25) is 0 Å². The minimum atomic E-state index is -3.70. The molecule has 1 rings (SSSR count). The third-order valence-electron chi connectivity index (χ3n) is 1.89. The Morgan fingerprint density at radius 3 is 2.62 bits per heavy atom. The standard InChI is InChI=1S/C9H15N3O2S2/c1-15-3-2-12-8-4-7(10)5-9(6-8)16(11,13)14/h4-6,12H,2-3,10H2,1H3,(H2,11,13,14). The monoisotopic (exact) mass is 261 g/mol. The van der Waals surface area contributed by atoms with Gasteiger partial charge in [-0.05, 0) is 24.5 Å². The van der Waals surface area contributed by atoms with Gasteiger partial charge in [0.1, 0.15) is 0 Å². The third kappa shape index (κ3) is 3.92. The van der Waals surface area contributed by atoms with Gasteiger partial charge in [0.2, 0.25) is 10.0 Å². The van der Waals surface area contributed by atoms with Crippen molar-refractivity contribution in [2.75, 3.05) is 29.6 Å². The molecule has 0 unspecified atom stereocenters. The molecular weight excluding hydrogens is 246 g/mol. The van der Waals surface area contributed by atoms with E-state index in [1.165, 1.54) is 12.1 Å². The van der Waals surface area contributed by atoms with E-state index < -0.39 is 10.0 Å². The van der Waals surface area contributed by atoms with Crippen molar-refractivity contribution in [1.29, 1.82) is 0 Å². The second-order valence-corrected chi connectivity index (χ2v) is 5.80. The summed E-state index contributed by atoms with van der Waals surface area (Å²) in [5.41, 5.74) is 6.63. The molecule has 0 heterocycles. The van der Waals surface area contributed by atoms with Crippen molar-refractivity contribution in [3.63, 3.8) is 0 Å². The van der Waals surface area contributed by atoms with Crippen LogP contribution in [0.3, 0.4) is 0 Å². The first-order valence-corrected chi connectivity index (χ1v) is 7.53. The van der Waals surface area contributed by atoms with E-state index in [1.807, 2.05) is 6.26 Å². The molecule has 5 nitrogen and oxygen atoms in total. The number of hydrogen-bond donors (Lipinski definition) is 3. The van der Waals surface area contributed by atoms with Gasteiger partial charge < -0.3 is 11.1 Å². The smallest absolute Gasteiger partial charge is 0.238 e. The van der Waals surface area contributed by atoms with Crippen LogP contribution in [0.25, 0.3) is 0 Å². The Morgan fingerprint density at radius 1 is 1.38 bits per heavy atom. The number of primary sulfonamides is 1. The van der Waals surface area contributed by atoms with Gasteiger partial charge in [-0.15, -0.1) is 0 Å². The zero-order valence-corrected chi connectivity index (χ0v) is 10.6. The first kappa shape index (κ1) is 13.1. The number of thioether (sulfide) groups is 1. The molecule has 16 heavy (non-hydrogen) atoms. The molecule has 0 bridgehead atoms. The predicted octanol–water partition coefficient (Wildman–Crippen LogP) is 0.691. The highest BCUT2D eigenvalue weighted by atomic mass is 32.2. The lowest BCUT2D eigenvalue weighted by molar-refractivity contribution is 0.598. The quantitative estimate of drug-likeness (QED) is 0.535. The molecule has 0 saturated carbocycles. The molecular formula is C9H15N3O2S2. The Kier molecular flexibility index (Phi) is 4.45. The van der Waals surface area contributed by atoms with E-state index >= 15 is 0 Å². The number of nitrogen functional groups attached to an aromatic ring is 1. The number of sulfonamides is 1. The summed E-state index contributed by atoms with van der Waals surface area (Å²) < 4.78 is 22.3. The van der Waals surface area contributed by atoms with Crippen LogP contribution in [0.15, 0.2) is 23.1 Å². The summed E-state index contributed by atoms with van der Waals surface area (Å²) >= 11 is 1.70. The molecule has 0 aliphatic heterocycles. The van der Waals surface area contributed by atoms with Crippen LogP contribution in [-0.4, -0.2) is 27.0 Å². The van der Waals surface area contributed by atoms with Crippen LogP contribution < -0.4 is 16.2 Å². The Morgan fingerprint density at radius 2 is 2.06 bits per heavy atom. The number of nitrogens with one attached hydrogen (secondary N) is 1. The van der Waals surface area contributed by atoms with Gasteiger partial charge in [0, 0.05) is 23.7 Å². The summed E-state index contributed by atoms with van der Waals surface area (Å²) in [5.74, 6) is 0.930. The molecule has 0 fully saturated rings. The highest BCUT2D eigenvalue weighted by molar-refractivity contribution is 7.98. The molecule has 90 valence electrons. The summed E-state index contributed by atoms with van der Waals surface area (Å²) in [6, 6.07) is 4.50. The minimum absolute atomic E-state index is 0.0270. The Labute approximate surface area is 99.6 Å². The van der Waals surface area contributed by atoms with Crippen LogP contribution in [0.5, 0.6) is 0 Å². The molecule has 0 radical (unpaired) electrons. The maximum atomic E-state index is 11.2. The number of anilines is 2. The van der Waals surface area contributed by atoms with E-state index in [4.69, 9.17) is 10.9 Å². The highest BCUT2D eigenvalue weighted by Gasteiger charge is 2.09. The number of nitrogens with two attached hydrogens (primary N) is 2. The van der Waals surface area contributed by atoms with E-state index in [0.29, 0.717) is 11.4 Å². The number of rotatable bonds is 5. The van der Waals surface area contributed by atoms with Gasteiger partial charge >= 0.3 is 0 Å². The molecule has 1 aromatic carbocycles. The molecule has 0 atom stereocenters. The fourth-order valence-electron chi connectivity index (χ4n) is 1.19. The van der Waals surface area contributed by atoms with Crippen LogP contribution in [0.4, 0.5) is 11.4 Å². The molecule has 0 spiro atoms. The fraction of sp³-hybridized carbons (Fsp3) is 0.333. The average Bonchev–Trinajstić information content (AvgIpc) is 2.16. The molecule has 0 saturated heterocycles. The van der Waals surface area contributed by atoms with Crippen LogP contribution in [-0.2, 0) is 10.0 Å². The molecule has 0 aromatic heterocycles. The second kappa shape index (κ2) is 5.42. The summed E-state index contributed by atoms with van der Waals surface area (Å²) in [4.78, 5) is 0.0270. The van der Waals surface area contributed by atoms with Crippen molar-refractivity contribution in [1.82, 2.24) is 0 Å². The van der Waals surface area contributed by atoms with Gasteiger partial charge in [0.25, 0.3) is 0 Å². The summed E-state index contributed by atoms with van der Waals surface area (Å²) in [6.07, 6.45) is 2.00. The lowest BCUT2D eigenvalue weighted by atomic mass is 10.3. The third-order valence-corrected chi connectivity index (χ3v) is 3.40. The van der Waals surface area contributed by atoms with Gasteiger partial charge in [-0.2, -0.15) is 11.8 Å². The number of benzene rings is 1. The van der Waals surface area contributed by atoms with Gasteiger partial charge in [0.05, 0.1) is 4.90 Å². The maximum absolute atomic E-state index is 11.2. The van der Waals surface area contributed by atoms with Crippen molar-refractivity contribution >= 4 is 33.2 Å². The Balaban J connectivity index is 2.91. The predicted molar refractivity (Wildman–Crippen MR) is 69.1 cm³/mol. The molecule has 7 heteroatoms. The van der Waals surface area contributed by atoms with E-state index in [0.717, 1.165) is 12.3 Å². The van der Waals surface area contributed by atoms with Crippen molar-refractivity contribution < 1.29 is 8.42 Å². The largest absolute Gasteiger partial charge is 0.399 e. The second-order valence-electron chi connectivity index (χ2n) is 3.26. The van der Waals surface area contributed by atoms with Gasteiger partial charge in [-0.25, -0.2) is 13.6 Å². The van der Waals surface area contributed by atoms with Crippen molar-refractivity contribution in [3.8, 4) is 0 Å². The van der Waals surface area contributed by atoms with Crippen molar-refractivity contribution in [2.24, 2.45) is 5.14 Å². The fourth-order valence-corrected chi connectivity index (χ4v) is 2.08. The zero-order chi connectivity index (χ0) is 12.2. The molecule has 5 N–H and O–H groups in total. The van der Waals surface area contributed by atoms with Crippen LogP contribution >= 0.6 is 11.8 Å². The molecule has 0 aliphatic rings. The van der Waals surface area contributed by atoms with Crippen LogP contribution in [0.2, 0.25) is 0 Å². The summed E-state index contributed by atoms with van der Waals surface area (Å²) in [6.45, 7) is 0.745. The first-order valence-electron chi connectivity index (χ1n) is 4.59. The zero-order valence-electron chi connectivity index (χ0n) is 8.93. The van der Waals surface area contributed by atoms with E-state index in [2.05, 4.69) is 5.32 Å². The highest BCUT2D eigenvalue weighted by Crippen LogP contribution is 2.19. The molecule has 0 aliphatic carbocycles. The lowest BCUT2D eigenvalue weighted by Crippen LogP contribution is -2.13. The minimum Gasteiger partial charge on any atom is -0.399 e. The van der Waals surface area contributed by atoms with E-state index in [9.17, 15) is 8.42 Å². The maximum Gasteiger partial charge on any atom is 0.238 e. The topological polar surface area (TPSA) is 98.2 Å². The van der Waals surface area contributed by atoms with Gasteiger partial charge in [0.15, 0.2) is 0 Å².